The van der Waals surface area contributed by atoms with Gasteiger partial charge in [-0.25, -0.2) is 4.98 Å². The summed E-state index contributed by atoms with van der Waals surface area (Å²) >= 11 is 0. The van der Waals surface area contributed by atoms with Gasteiger partial charge in [-0.2, -0.15) is 0 Å². The van der Waals surface area contributed by atoms with Crippen LogP contribution in [0.2, 0.25) is 0 Å². The fraction of sp³-hybridized carbons (Fsp3) is 0.562. The van der Waals surface area contributed by atoms with E-state index in [0.29, 0.717) is 12.0 Å². The van der Waals surface area contributed by atoms with Crippen molar-refractivity contribution in [2.45, 2.75) is 44.1 Å². The Morgan fingerprint density at radius 2 is 2.10 bits per heavy atom. The highest BCUT2D eigenvalue weighted by molar-refractivity contribution is 5.77. The van der Waals surface area contributed by atoms with Gasteiger partial charge in [-0.05, 0) is 63.4 Å². The standard InChI is InChI=1S/C16H21N3O/c1-2-12(7-9-17-8-1)18-13-5-6-15-14(10-13)19-16(20-15)11-3-4-11/h5-6,10-12,17-18H,1-4,7-9H2. The quantitative estimate of drug-likeness (QED) is 0.899. The molecule has 0 radical (unpaired) electrons. The Morgan fingerprint density at radius 1 is 1.15 bits per heavy atom. The number of fused-ring (bicyclic) bond motifs is 1. The predicted molar refractivity (Wildman–Crippen MR) is 80.1 cm³/mol. The van der Waals surface area contributed by atoms with E-state index in [1.165, 1.54) is 37.8 Å². The Bertz CT molecular complexity index is 595. The highest BCUT2D eigenvalue weighted by atomic mass is 16.3. The Labute approximate surface area is 118 Å². The molecule has 1 aromatic carbocycles. The molecule has 1 unspecified atom stereocenters. The van der Waals surface area contributed by atoms with Gasteiger partial charge in [0.25, 0.3) is 0 Å². The van der Waals surface area contributed by atoms with Crippen LogP contribution in [0.1, 0.15) is 43.9 Å². The van der Waals surface area contributed by atoms with Crippen molar-refractivity contribution < 1.29 is 4.42 Å². The van der Waals surface area contributed by atoms with Crippen molar-refractivity contribution in [3.8, 4) is 0 Å². The fourth-order valence-corrected chi connectivity index (χ4v) is 2.94. The second-order valence-corrected chi connectivity index (χ2v) is 6.03. The zero-order chi connectivity index (χ0) is 13.4. The van der Waals surface area contributed by atoms with Crippen molar-refractivity contribution in [1.82, 2.24) is 10.3 Å². The van der Waals surface area contributed by atoms with Crippen molar-refractivity contribution in [3.05, 3.63) is 24.1 Å². The lowest BCUT2D eigenvalue weighted by molar-refractivity contribution is 0.533. The molecule has 2 aromatic rings. The Hall–Kier alpha value is -1.55. The average molecular weight is 271 g/mol. The van der Waals surface area contributed by atoms with Gasteiger partial charge in [0.1, 0.15) is 5.52 Å². The van der Waals surface area contributed by atoms with Crippen LogP contribution < -0.4 is 10.6 Å². The summed E-state index contributed by atoms with van der Waals surface area (Å²) in [6, 6.07) is 6.86. The Kier molecular flexibility index (Phi) is 3.11. The van der Waals surface area contributed by atoms with Gasteiger partial charge in [-0.15, -0.1) is 0 Å². The molecule has 1 aliphatic heterocycles. The third kappa shape index (κ3) is 2.52. The van der Waals surface area contributed by atoms with E-state index in [9.17, 15) is 0 Å². The number of hydrogen-bond acceptors (Lipinski definition) is 4. The molecule has 1 saturated carbocycles. The summed E-state index contributed by atoms with van der Waals surface area (Å²) in [6.45, 7) is 2.25. The molecule has 106 valence electrons. The van der Waals surface area contributed by atoms with Gasteiger partial charge in [0.15, 0.2) is 11.5 Å². The topological polar surface area (TPSA) is 50.1 Å². The maximum absolute atomic E-state index is 5.81. The molecule has 1 saturated heterocycles. The molecule has 4 heteroatoms. The number of hydrogen-bond donors (Lipinski definition) is 2. The zero-order valence-electron chi connectivity index (χ0n) is 11.7. The lowest BCUT2D eigenvalue weighted by Gasteiger charge is -2.17. The van der Waals surface area contributed by atoms with E-state index in [-0.39, 0.29) is 0 Å². The maximum Gasteiger partial charge on any atom is 0.198 e. The van der Waals surface area contributed by atoms with Crippen LogP contribution in [-0.4, -0.2) is 24.1 Å². The van der Waals surface area contributed by atoms with Crippen LogP contribution in [0.25, 0.3) is 11.1 Å². The minimum Gasteiger partial charge on any atom is -0.440 e. The number of nitrogens with zero attached hydrogens (tertiary/aromatic N) is 1. The number of oxazole rings is 1. The molecule has 0 spiro atoms. The minimum absolute atomic E-state index is 0.567. The SMILES string of the molecule is c1cc2oc(C3CC3)nc2cc1NC1CCCNCC1. The van der Waals surface area contributed by atoms with Crippen LogP contribution in [0.15, 0.2) is 22.6 Å². The molecule has 2 fully saturated rings. The van der Waals surface area contributed by atoms with E-state index in [1.54, 1.807) is 0 Å². The fourth-order valence-electron chi connectivity index (χ4n) is 2.94. The molecule has 0 amide bonds. The van der Waals surface area contributed by atoms with Crippen LogP contribution in [0, 0.1) is 0 Å². The van der Waals surface area contributed by atoms with E-state index in [0.717, 1.165) is 30.1 Å². The normalized spacial score (nSPS) is 23.7. The first-order valence-electron chi connectivity index (χ1n) is 7.76. The largest absolute Gasteiger partial charge is 0.440 e. The summed E-state index contributed by atoms with van der Waals surface area (Å²) in [6.07, 6.45) is 6.12. The number of anilines is 1. The number of nitrogens with one attached hydrogen (secondary N) is 2. The molecule has 1 atom stereocenters. The minimum atomic E-state index is 0.567. The summed E-state index contributed by atoms with van der Waals surface area (Å²) in [4.78, 5) is 4.63. The molecular weight excluding hydrogens is 250 g/mol. The first kappa shape index (κ1) is 12.2. The Balaban J connectivity index is 1.53. The van der Waals surface area contributed by atoms with Gasteiger partial charge in [0.2, 0.25) is 0 Å². The van der Waals surface area contributed by atoms with Gasteiger partial charge < -0.3 is 15.1 Å². The van der Waals surface area contributed by atoms with Crippen LogP contribution in [-0.2, 0) is 0 Å². The van der Waals surface area contributed by atoms with Crippen LogP contribution in [0.3, 0.4) is 0 Å². The number of aromatic nitrogens is 1. The number of rotatable bonds is 3. The van der Waals surface area contributed by atoms with Gasteiger partial charge >= 0.3 is 0 Å². The van der Waals surface area contributed by atoms with Crippen LogP contribution in [0.4, 0.5) is 5.69 Å². The summed E-state index contributed by atoms with van der Waals surface area (Å²) in [7, 11) is 0. The van der Waals surface area contributed by atoms with Crippen LogP contribution in [0.5, 0.6) is 0 Å². The summed E-state index contributed by atoms with van der Waals surface area (Å²) in [5.74, 6) is 1.50. The molecule has 1 aliphatic carbocycles. The van der Waals surface area contributed by atoms with Crippen molar-refractivity contribution in [3.63, 3.8) is 0 Å². The predicted octanol–water partition coefficient (Wildman–Crippen LogP) is 3.26. The van der Waals surface area contributed by atoms with Crippen LogP contribution >= 0.6 is 0 Å². The molecule has 0 bridgehead atoms. The van der Waals surface area contributed by atoms with E-state index < -0.39 is 0 Å². The molecule has 4 nitrogen and oxygen atoms in total. The average Bonchev–Trinajstić information content (AvgIpc) is 3.25. The lowest BCUT2D eigenvalue weighted by atomic mass is 10.1. The maximum atomic E-state index is 5.81. The van der Waals surface area contributed by atoms with Crippen molar-refractivity contribution in [2.24, 2.45) is 0 Å². The van der Waals surface area contributed by atoms with Crippen molar-refractivity contribution in [2.75, 3.05) is 18.4 Å². The molecule has 2 heterocycles. The van der Waals surface area contributed by atoms with E-state index in [2.05, 4.69) is 27.8 Å². The van der Waals surface area contributed by atoms with Crippen molar-refractivity contribution >= 4 is 16.8 Å². The molecule has 20 heavy (non-hydrogen) atoms. The van der Waals surface area contributed by atoms with E-state index >= 15 is 0 Å². The molecule has 1 aromatic heterocycles. The summed E-state index contributed by atoms with van der Waals surface area (Å²) < 4.78 is 5.81. The highest BCUT2D eigenvalue weighted by Gasteiger charge is 2.28. The summed E-state index contributed by atoms with van der Waals surface area (Å²) in [5.41, 5.74) is 3.07. The first-order valence-corrected chi connectivity index (χ1v) is 7.76. The van der Waals surface area contributed by atoms with E-state index in [4.69, 9.17) is 4.42 Å². The second kappa shape index (κ2) is 5.09. The number of benzene rings is 1. The van der Waals surface area contributed by atoms with E-state index in [1.807, 2.05) is 6.07 Å². The molecule has 2 N–H and O–H groups in total. The zero-order valence-corrected chi connectivity index (χ0v) is 11.7. The lowest BCUT2D eigenvalue weighted by Crippen LogP contribution is -2.21. The van der Waals surface area contributed by atoms with Crippen molar-refractivity contribution in [1.29, 1.82) is 0 Å². The first-order chi connectivity index (χ1) is 9.88. The van der Waals surface area contributed by atoms with Gasteiger partial charge in [-0.3, -0.25) is 0 Å². The van der Waals surface area contributed by atoms with Gasteiger partial charge in [0.05, 0.1) is 0 Å². The third-order valence-corrected chi connectivity index (χ3v) is 4.28. The molecule has 4 rings (SSSR count). The second-order valence-electron chi connectivity index (χ2n) is 6.03. The monoisotopic (exact) mass is 271 g/mol. The Morgan fingerprint density at radius 3 is 3.00 bits per heavy atom. The molecule has 2 aliphatic rings. The molecular formula is C16H21N3O. The van der Waals surface area contributed by atoms with Gasteiger partial charge in [-0.1, -0.05) is 0 Å². The van der Waals surface area contributed by atoms with Gasteiger partial charge in [0, 0.05) is 17.6 Å². The smallest absolute Gasteiger partial charge is 0.198 e. The summed E-state index contributed by atoms with van der Waals surface area (Å²) in [5, 5.41) is 7.09. The highest BCUT2D eigenvalue weighted by Crippen LogP contribution is 2.40. The third-order valence-electron chi connectivity index (χ3n) is 4.28.